The minimum atomic E-state index is -0.742. The van der Waals surface area contributed by atoms with Crippen LogP contribution in [0, 0.1) is 11.3 Å². The molecule has 0 spiro atoms. The number of hydrogen-bond donors (Lipinski definition) is 1. The minimum Gasteiger partial charge on any atom is -0.485 e. The number of aromatic nitrogens is 2. The molecule has 1 amide bonds. The lowest BCUT2D eigenvalue weighted by atomic mass is 10.2. The van der Waals surface area contributed by atoms with E-state index < -0.39 is 6.10 Å². The van der Waals surface area contributed by atoms with Crippen molar-refractivity contribution in [1.29, 1.82) is 5.26 Å². The molecule has 1 aromatic heterocycles. The van der Waals surface area contributed by atoms with E-state index in [1.807, 2.05) is 24.3 Å². The molecule has 1 N–H and O–H groups in total. The monoisotopic (exact) mass is 410 g/mol. The average molecular weight is 410 g/mol. The average Bonchev–Trinajstić information content (AvgIpc) is 3.19. The Morgan fingerprint density at radius 2 is 2.00 bits per heavy atom. The van der Waals surface area contributed by atoms with Crippen molar-refractivity contribution in [2.24, 2.45) is 0 Å². The van der Waals surface area contributed by atoms with Gasteiger partial charge in [-0.1, -0.05) is 47.4 Å². The summed E-state index contributed by atoms with van der Waals surface area (Å²) in [6.45, 7) is 0.141. The number of fused-ring (bicyclic) bond motifs is 1. The first-order chi connectivity index (χ1) is 13.7. The first kappa shape index (κ1) is 18.3. The van der Waals surface area contributed by atoms with Gasteiger partial charge in [-0.3, -0.25) is 10.1 Å². The molecular weight excluding hydrogens is 396 g/mol. The molecule has 28 heavy (non-hydrogen) atoms. The summed E-state index contributed by atoms with van der Waals surface area (Å²) in [5.74, 6) is 1.55. The van der Waals surface area contributed by atoms with Gasteiger partial charge in [0.2, 0.25) is 11.2 Å². The third-order valence-corrected chi connectivity index (χ3v) is 5.93. The molecule has 0 unspecified atom stereocenters. The topological polar surface area (TPSA) is 97.1 Å². The molecule has 1 atom stereocenters. The summed E-state index contributed by atoms with van der Waals surface area (Å²) in [5.41, 5.74) is 1.71. The highest BCUT2D eigenvalue weighted by atomic mass is 32.2. The number of thioether (sulfide) groups is 1. The number of carbonyl (C=O) groups is 1. The number of hydrogen-bond acceptors (Lipinski definition) is 8. The molecule has 140 valence electrons. The van der Waals surface area contributed by atoms with Crippen LogP contribution < -0.4 is 14.8 Å². The van der Waals surface area contributed by atoms with E-state index in [1.54, 1.807) is 24.3 Å². The molecule has 4 rings (SSSR count). The Kier molecular flexibility index (Phi) is 5.41. The van der Waals surface area contributed by atoms with E-state index in [2.05, 4.69) is 21.6 Å². The summed E-state index contributed by atoms with van der Waals surface area (Å²) in [6, 6.07) is 16.7. The highest BCUT2D eigenvalue weighted by molar-refractivity contribution is 8.00. The van der Waals surface area contributed by atoms with Crippen LogP contribution >= 0.6 is 23.1 Å². The smallest absolute Gasteiger partial charge is 0.270 e. The summed E-state index contributed by atoms with van der Waals surface area (Å²) in [6.07, 6.45) is -0.742. The van der Waals surface area contributed by atoms with Gasteiger partial charge in [0, 0.05) is 5.75 Å². The van der Waals surface area contributed by atoms with E-state index in [0.717, 1.165) is 9.90 Å². The number of nitriles is 1. The second-order valence-electron chi connectivity index (χ2n) is 5.82. The Bertz CT molecular complexity index is 1030. The number of para-hydroxylation sites is 2. The molecule has 0 radical (unpaired) electrons. The SMILES string of the molecule is N#Cc1ccc(CSc2nnc(NC(=O)[C@H]3COc4ccccc4O3)s2)cc1. The van der Waals surface area contributed by atoms with Gasteiger partial charge >= 0.3 is 0 Å². The number of nitrogens with one attached hydrogen (secondary N) is 1. The first-order valence-electron chi connectivity index (χ1n) is 8.36. The van der Waals surface area contributed by atoms with Crippen LogP contribution in [0.15, 0.2) is 52.9 Å². The third kappa shape index (κ3) is 4.24. The van der Waals surface area contributed by atoms with Gasteiger partial charge in [0.15, 0.2) is 15.8 Å². The zero-order valence-corrected chi connectivity index (χ0v) is 16.1. The van der Waals surface area contributed by atoms with Gasteiger partial charge in [0.05, 0.1) is 11.6 Å². The molecule has 9 heteroatoms. The molecule has 2 heterocycles. The minimum absolute atomic E-state index is 0.141. The van der Waals surface area contributed by atoms with Crippen molar-refractivity contribution in [2.45, 2.75) is 16.2 Å². The van der Waals surface area contributed by atoms with Crippen molar-refractivity contribution in [3.63, 3.8) is 0 Å². The van der Waals surface area contributed by atoms with Crippen LogP contribution in [-0.4, -0.2) is 28.8 Å². The normalized spacial score (nSPS) is 14.9. The fourth-order valence-electron chi connectivity index (χ4n) is 2.47. The fraction of sp³-hybridized carbons (Fsp3) is 0.158. The number of benzene rings is 2. The van der Waals surface area contributed by atoms with Crippen molar-refractivity contribution in [3.8, 4) is 17.6 Å². The maximum atomic E-state index is 12.4. The maximum absolute atomic E-state index is 12.4. The van der Waals surface area contributed by atoms with E-state index in [4.69, 9.17) is 14.7 Å². The number of nitrogens with zero attached hydrogens (tertiary/aromatic N) is 3. The summed E-state index contributed by atoms with van der Waals surface area (Å²) in [4.78, 5) is 12.4. The van der Waals surface area contributed by atoms with Crippen molar-refractivity contribution in [2.75, 3.05) is 11.9 Å². The van der Waals surface area contributed by atoms with Crippen LogP contribution in [-0.2, 0) is 10.5 Å². The molecule has 0 saturated heterocycles. The second kappa shape index (κ2) is 8.29. The summed E-state index contributed by atoms with van der Waals surface area (Å²) >= 11 is 2.81. The lowest BCUT2D eigenvalue weighted by Crippen LogP contribution is -2.40. The lowest BCUT2D eigenvalue weighted by Gasteiger charge is -2.25. The summed E-state index contributed by atoms with van der Waals surface area (Å²) in [7, 11) is 0. The predicted molar refractivity (Wildman–Crippen MR) is 106 cm³/mol. The van der Waals surface area contributed by atoms with E-state index in [9.17, 15) is 4.79 Å². The molecule has 0 saturated carbocycles. The molecule has 0 aliphatic carbocycles. The standard InChI is InChI=1S/C19H14N4O3S2/c20-9-12-5-7-13(8-6-12)11-27-19-23-22-18(28-19)21-17(24)16-10-25-14-3-1-2-4-15(14)26-16/h1-8,16H,10-11H2,(H,21,22,24)/t16-/m1/s1. The van der Waals surface area contributed by atoms with E-state index >= 15 is 0 Å². The molecule has 3 aromatic rings. The Balaban J connectivity index is 1.32. The Morgan fingerprint density at radius 1 is 1.21 bits per heavy atom. The van der Waals surface area contributed by atoms with Crippen molar-refractivity contribution in [1.82, 2.24) is 10.2 Å². The largest absolute Gasteiger partial charge is 0.485 e. The van der Waals surface area contributed by atoms with Gasteiger partial charge in [-0.05, 0) is 29.8 Å². The number of amides is 1. The highest BCUT2D eigenvalue weighted by Crippen LogP contribution is 2.32. The lowest BCUT2D eigenvalue weighted by molar-refractivity contribution is -0.125. The molecule has 1 aliphatic heterocycles. The Hall–Kier alpha value is -3.09. The van der Waals surface area contributed by atoms with Gasteiger partial charge in [0.25, 0.3) is 5.91 Å². The van der Waals surface area contributed by atoms with Crippen molar-refractivity contribution in [3.05, 3.63) is 59.7 Å². The molecule has 1 aliphatic rings. The van der Waals surface area contributed by atoms with Crippen LogP contribution in [0.25, 0.3) is 0 Å². The highest BCUT2D eigenvalue weighted by Gasteiger charge is 2.28. The maximum Gasteiger partial charge on any atom is 0.270 e. The van der Waals surface area contributed by atoms with Gasteiger partial charge in [0.1, 0.15) is 6.61 Å². The van der Waals surface area contributed by atoms with Crippen LogP contribution in [0.5, 0.6) is 11.5 Å². The summed E-state index contributed by atoms with van der Waals surface area (Å²) in [5, 5.41) is 20.1. The van der Waals surface area contributed by atoms with E-state index in [-0.39, 0.29) is 12.5 Å². The van der Waals surface area contributed by atoms with Gasteiger partial charge in [-0.25, -0.2) is 0 Å². The van der Waals surface area contributed by atoms with Crippen LogP contribution in [0.2, 0.25) is 0 Å². The Morgan fingerprint density at radius 3 is 2.79 bits per heavy atom. The van der Waals surface area contributed by atoms with Crippen LogP contribution in [0.1, 0.15) is 11.1 Å². The zero-order chi connectivity index (χ0) is 19.3. The predicted octanol–water partition coefficient (Wildman–Crippen LogP) is 3.48. The molecule has 0 fully saturated rings. The van der Waals surface area contributed by atoms with Gasteiger partial charge in [-0.2, -0.15) is 5.26 Å². The van der Waals surface area contributed by atoms with E-state index in [1.165, 1.54) is 23.1 Å². The molecular formula is C19H14N4O3S2. The van der Waals surface area contributed by atoms with Crippen LogP contribution in [0.4, 0.5) is 5.13 Å². The van der Waals surface area contributed by atoms with Gasteiger partial charge < -0.3 is 9.47 Å². The van der Waals surface area contributed by atoms with Crippen molar-refractivity contribution < 1.29 is 14.3 Å². The van der Waals surface area contributed by atoms with Crippen molar-refractivity contribution >= 4 is 34.1 Å². The summed E-state index contributed by atoms with van der Waals surface area (Å²) < 4.78 is 12.0. The third-order valence-electron chi connectivity index (χ3n) is 3.88. The Labute approximate surface area is 169 Å². The molecule has 7 nitrogen and oxygen atoms in total. The second-order valence-corrected chi connectivity index (χ2v) is 8.02. The molecule has 2 aromatic carbocycles. The number of ether oxygens (including phenoxy) is 2. The number of rotatable bonds is 5. The van der Waals surface area contributed by atoms with Gasteiger partial charge in [-0.15, -0.1) is 10.2 Å². The van der Waals surface area contributed by atoms with Crippen LogP contribution in [0.3, 0.4) is 0 Å². The first-order valence-corrected chi connectivity index (χ1v) is 10.2. The number of anilines is 1. The quantitative estimate of drug-likeness (QED) is 0.508. The number of carbonyl (C=O) groups excluding carboxylic acids is 1. The fourth-order valence-corrected chi connectivity index (χ4v) is 4.18. The zero-order valence-electron chi connectivity index (χ0n) is 14.5. The van der Waals surface area contributed by atoms with E-state index in [0.29, 0.717) is 27.9 Å². The molecule has 0 bridgehead atoms.